The fraction of sp³-hybridized carbons (Fsp3) is 0. The van der Waals surface area contributed by atoms with Crippen LogP contribution in [0.3, 0.4) is 0 Å². The molecule has 0 heterocycles. The monoisotopic (exact) mass is 195 g/mol. The number of hydrogen-bond donors (Lipinski definition) is 4. The molecule has 6 nitrogen and oxygen atoms in total. The molecule has 0 aromatic heterocycles. The normalized spacial score (nSPS) is 7.38. The average molecular weight is 196 g/mol. The fourth-order valence-corrected chi connectivity index (χ4v) is 0. The van der Waals surface area contributed by atoms with Crippen LogP contribution >= 0.6 is 7.82 Å². The van der Waals surface area contributed by atoms with Crippen LogP contribution < -0.4 is 17.2 Å². The minimum Gasteiger partial charge on any atom is -0.756 e. The minimum absolute atomic E-state index is 0. The van der Waals surface area contributed by atoms with Crippen LogP contribution in [0.15, 0.2) is 0 Å². The summed E-state index contributed by atoms with van der Waals surface area (Å²) in [5, 5.41) is 0. The average Bonchev–Trinajstić information content (AvgIpc) is 0.722. The topological polar surface area (TPSA) is 151 Å². The van der Waals surface area contributed by atoms with Crippen LogP contribution in [0, 0.1) is 0 Å². The first-order chi connectivity index (χ1) is 2.00. The Morgan fingerprint density at radius 2 is 1.25 bits per heavy atom. The van der Waals surface area contributed by atoms with Crippen molar-refractivity contribution in [3.8, 4) is 0 Å². The third-order valence-electron chi connectivity index (χ3n) is 0. The molecular weight excluding hydrogens is 188 g/mol. The predicted octanol–water partition coefficient (Wildman–Crippen LogP) is -1.24. The summed E-state index contributed by atoms with van der Waals surface area (Å²) in [5.74, 6) is 0. The third kappa shape index (κ3) is 498. The van der Waals surface area contributed by atoms with Gasteiger partial charge < -0.3 is 27.0 Å². The summed E-state index contributed by atoms with van der Waals surface area (Å²) in [7, 11) is -4.89. The molecule has 0 aliphatic rings. The van der Waals surface area contributed by atoms with Gasteiger partial charge in [0.2, 0.25) is 0 Å². The Morgan fingerprint density at radius 1 is 1.25 bits per heavy atom. The van der Waals surface area contributed by atoms with Crippen LogP contribution in [-0.4, -0.2) is 9.79 Å². The molecule has 0 saturated heterocycles. The van der Waals surface area contributed by atoms with E-state index in [-0.39, 0.29) is 31.8 Å². The van der Waals surface area contributed by atoms with Crippen molar-refractivity contribution in [1.82, 2.24) is 12.3 Å². The van der Waals surface area contributed by atoms with E-state index in [2.05, 4.69) is 0 Å². The Morgan fingerprint density at radius 3 is 1.25 bits per heavy atom. The summed E-state index contributed by atoms with van der Waals surface area (Å²) in [5.41, 5.74) is 0. The molecule has 0 fully saturated rings. The van der Waals surface area contributed by atoms with E-state index in [9.17, 15) is 0 Å². The molecule has 0 atom stereocenters. The Kier molecular flexibility index (Phi) is 22.4. The van der Waals surface area contributed by atoms with E-state index in [4.69, 9.17) is 19.2 Å². The third-order valence-corrected chi connectivity index (χ3v) is 0. The maximum absolute atomic E-state index is 8.77. The van der Waals surface area contributed by atoms with E-state index < -0.39 is 7.82 Å². The number of phosphoric acid groups is 1. The fourth-order valence-electron chi connectivity index (χ4n) is 0. The van der Waals surface area contributed by atoms with E-state index in [0.717, 1.165) is 0 Å². The van der Waals surface area contributed by atoms with Gasteiger partial charge in [-0.2, -0.15) is 0 Å². The SMILES string of the molecule is N.N.O=P([O-])(O)O.[Zn+]. The van der Waals surface area contributed by atoms with E-state index in [0.29, 0.717) is 0 Å². The minimum atomic E-state index is -4.89. The van der Waals surface area contributed by atoms with Crippen molar-refractivity contribution in [2.45, 2.75) is 0 Å². The summed E-state index contributed by atoms with van der Waals surface area (Å²) < 4.78 is 8.77. The van der Waals surface area contributed by atoms with Gasteiger partial charge in [0.05, 0.1) is 0 Å². The summed E-state index contributed by atoms with van der Waals surface area (Å²) in [4.78, 5) is 22.9. The van der Waals surface area contributed by atoms with Gasteiger partial charge in [0, 0.05) is 0 Å². The summed E-state index contributed by atoms with van der Waals surface area (Å²) in [6, 6.07) is 0. The molecule has 0 spiro atoms. The van der Waals surface area contributed by atoms with Crippen molar-refractivity contribution in [3.05, 3.63) is 0 Å². The largest absolute Gasteiger partial charge is 1.00 e. The van der Waals surface area contributed by atoms with Crippen LogP contribution in [0.2, 0.25) is 0 Å². The van der Waals surface area contributed by atoms with Gasteiger partial charge in [-0.25, -0.2) is 0 Å². The Balaban J connectivity index is -0.0000000267. The molecule has 1 radical (unpaired) electrons. The maximum Gasteiger partial charge on any atom is 1.00 e. The zero-order valence-corrected chi connectivity index (χ0v) is 8.14. The predicted molar refractivity (Wildman–Crippen MR) is 22.1 cm³/mol. The van der Waals surface area contributed by atoms with E-state index >= 15 is 0 Å². The van der Waals surface area contributed by atoms with Gasteiger partial charge >= 0.3 is 19.5 Å². The first kappa shape index (κ1) is 23.4. The summed E-state index contributed by atoms with van der Waals surface area (Å²) in [6.07, 6.45) is 0. The van der Waals surface area contributed by atoms with Gasteiger partial charge in [0.1, 0.15) is 0 Å². The van der Waals surface area contributed by atoms with Crippen molar-refractivity contribution in [2.75, 3.05) is 0 Å². The summed E-state index contributed by atoms with van der Waals surface area (Å²) >= 11 is 0. The Labute approximate surface area is 59.5 Å². The van der Waals surface area contributed by atoms with Crippen molar-refractivity contribution in [2.24, 2.45) is 0 Å². The van der Waals surface area contributed by atoms with Gasteiger partial charge in [0.25, 0.3) is 7.82 Å². The molecule has 0 amide bonds. The van der Waals surface area contributed by atoms with Crippen molar-refractivity contribution >= 4 is 7.82 Å². The number of hydrogen-bond acceptors (Lipinski definition) is 4. The molecule has 0 aromatic carbocycles. The second-order valence-electron chi connectivity index (χ2n) is 0.491. The van der Waals surface area contributed by atoms with Crippen molar-refractivity contribution < 1.29 is 38.7 Å². The second kappa shape index (κ2) is 7.65. The molecule has 0 aliphatic heterocycles. The van der Waals surface area contributed by atoms with Crippen LogP contribution in [0.5, 0.6) is 0 Å². The van der Waals surface area contributed by atoms with E-state index in [1.165, 1.54) is 0 Å². The molecule has 49 valence electrons. The van der Waals surface area contributed by atoms with Crippen LogP contribution in [0.1, 0.15) is 0 Å². The van der Waals surface area contributed by atoms with Gasteiger partial charge in [-0.15, -0.1) is 0 Å². The van der Waals surface area contributed by atoms with Gasteiger partial charge in [-0.3, -0.25) is 4.57 Å². The molecule has 0 rings (SSSR count). The first-order valence-electron chi connectivity index (χ1n) is 0.765. The molecule has 8 heteroatoms. The zero-order chi connectivity index (χ0) is 4.50. The molecule has 0 saturated carbocycles. The van der Waals surface area contributed by atoms with Crippen LogP contribution in [0.4, 0.5) is 0 Å². The van der Waals surface area contributed by atoms with Crippen LogP contribution in [0.25, 0.3) is 0 Å². The number of rotatable bonds is 0. The van der Waals surface area contributed by atoms with Crippen molar-refractivity contribution in [3.63, 3.8) is 0 Å². The van der Waals surface area contributed by atoms with Crippen LogP contribution in [-0.2, 0) is 24.0 Å². The molecule has 8 heavy (non-hydrogen) atoms. The molecule has 0 unspecified atom stereocenters. The zero-order valence-electron chi connectivity index (χ0n) is 4.28. The van der Waals surface area contributed by atoms with Gasteiger partial charge in [0.15, 0.2) is 0 Å². The molecular formula is H8N2O4PZn. The molecule has 8 N–H and O–H groups in total. The van der Waals surface area contributed by atoms with Gasteiger partial charge in [-0.1, -0.05) is 0 Å². The van der Waals surface area contributed by atoms with Gasteiger partial charge in [-0.05, 0) is 0 Å². The van der Waals surface area contributed by atoms with E-state index in [1.807, 2.05) is 0 Å². The Hall–Kier alpha value is 0.653. The smallest absolute Gasteiger partial charge is 0.756 e. The molecule has 0 bridgehead atoms. The van der Waals surface area contributed by atoms with Crippen molar-refractivity contribution in [1.29, 1.82) is 0 Å². The van der Waals surface area contributed by atoms with E-state index in [1.54, 1.807) is 0 Å². The Bertz CT molecular complexity index is 60.2. The standard InChI is InChI=1S/2H3N.H3O4P.Zn/c;;1-5(2,3)4;/h2*1H3;(H3,1,2,3,4);/q;;;+1/p-1. The molecule has 0 aliphatic carbocycles. The molecule has 0 aromatic rings. The maximum atomic E-state index is 8.77. The first-order valence-corrected chi connectivity index (χ1v) is 2.30. The second-order valence-corrected chi connectivity index (χ2v) is 1.47. The quantitative estimate of drug-likeness (QED) is 0.281. The summed E-state index contributed by atoms with van der Waals surface area (Å²) in [6.45, 7) is 0.